The van der Waals surface area contributed by atoms with E-state index in [4.69, 9.17) is 8.83 Å². The summed E-state index contributed by atoms with van der Waals surface area (Å²) in [5, 5.41) is 4.43. The fraction of sp³-hybridized carbons (Fsp3) is 0.0769. The molecule has 0 fully saturated rings. The molecule has 0 N–H and O–H groups in total. The molecule has 0 spiro atoms. The summed E-state index contributed by atoms with van der Waals surface area (Å²) >= 11 is 0. The number of nitrogens with zero attached hydrogens (tertiary/aromatic N) is 1. The van der Waals surface area contributed by atoms with E-state index < -0.39 is 0 Å². The molecule has 0 saturated carbocycles. The van der Waals surface area contributed by atoms with Gasteiger partial charge in [0, 0.05) is 38.4 Å². The third-order valence-electron chi connectivity index (χ3n) is 14.6. The predicted octanol–water partition coefficient (Wildman–Crippen LogP) is 18.5. The van der Waals surface area contributed by atoms with Crippen LogP contribution in [0.15, 0.2) is 221 Å². The highest BCUT2D eigenvalue weighted by molar-refractivity contribution is 6.15. The van der Waals surface area contributed by atoms with Crippen molar-refractivity contribution in [2.45, 2.75) is 33.1 Å². The van der Waals surface area contributed by atoms with Crippen LogP contribution >= 0.6 is 0 Å². The van der Waals surface area contributed by atoms with Gasteiger partial charge in [-0.15, -0.1) is 0 Å². The predicted molar refractivity (Wildman–Crippen MR) is 284 cm³/mol. The van der Waals surface area contributed by atoms with E-state index in [0.29, 0.717) is 0 Å². The van der Waals surface area contributed by atoms with Crippen molar-refractivity contribution in [1.29, 1.82) is 0 Å². The zero-order valence-corrected chi connectivity index (χ0v) is 38.5. The van der Waals surface area contributed by atoms with Crippen LogP contribution in [0.5, 0.6) is 0 Å². The van der Waals surface area contributed by atoms with Crippen molar-refractivity contribution < 1.29 is 8.83 Å². The van der Waals surface area contributed by atoms with E-state index in [-0.39, 0.29) is 5.41 Å². The summed E-state index contributed by atoms with van der Waals surface area (Å²) in [6.45, 7) is 9.12. The first-order valence-corrected chi connectivity index (χ1v) is 23.6. The van der Waals surface area contributed by atoms with Crippen LogP contribution in [0, 0.1) is 13.8 Å². The Hall–Kier alpha value is -8.40. The van der Waals surface area contributed by atoms with E-state index in [1.54, 1.807) is 0 Å². The Morgan fingerprint density at radius 3 is 1.78 bits per heavy atom. The monoisotopic (exact) mass is 873 g/mol. The average Bonchev–Trinajstić information content (AvgIpc) is 4.03. The Balaban J connectivity index is 0.966. The molecule has 1 aliphatic rings. The molecule has 68 heavy (non-hydrogen) atoms. The number of hydrogen-bond donors (Lipinski definition) is 0. The van der Waals surface area contributed by atoms with Crippen molar-refractivity contribution in [2.24, 2.45) is 0 Å². The van der Waals surface area contributed by atoms with Gasteiger partial charge in [0.15, 0.2) is 0 Å². The number of aryl methyl sites for hydroxylation is 2. The van der Waals surface area contributed by atoms with E-state index in [1.165, 1.54) is 55.6 Å². The van der Waals surface area contributed by atoms with Gasteiger partial charge in [0.05, 0.1) is 16.8 Å². The number of rotatable bonds is 7. The van der Waals surface area contributed by atoms with Gasteiger partial charge >= 0.3 is 0 Å². The fourth-order valence-electron chi connectivity index (χ4n) is 11.1. The maximum Gasteiger partial charge on any atom is 0.143 e. The highest BCUT2D eigenvalue weighted by atomic mass is 16.3. The number of furan rings is 2. The molecule has 13 rings (SSSR count). The Kier molecular flexibility index (Phi) is 9.00. The van der Waals surface area contributed by atoms with Crippen LogP contribution in [0.3, 0.4) is 0 Å². The molecule has 2 aromatic heterocycles. The molecule has 0 amide bonds. The summed E-state index contributed by atoms with van der Waals surface area (Å²) in [5.74, 6) is 0. The quantitative estimate of drug-likeness (QED) is 0.160. The molecule has 12 aromatic rings. The smallest absolute Gasteiger partial charge is 0.143 e. The highest BCUT2D eigenvalue weighted by Gasteiger charge is 2.38. The number of benzene rings is 10. The minimum Gasteiger partial charge on any atom is -0.456 e. The van der Waals surface area contributed by atoms with E-state index in [0.717, 1.165) is 83.2 Å². The molecule has 0 radical (unpaired) electrons. The lowest BCUT2D eigenvalue weighted by Gasteiger charge is -2.29. The van der Waals surface area contributed by atoms with Crippen molar-refractivity contribution in [2.75, 3.05) is 4.90 Å². The van der Waals surface area contributed by atoms with Crippen molar-refractivity contribution in [3.8, 4) is 55.6 Å². The number of anilines is 3. The average molecular weight is 874 g/mol. The first kappa shape index (κ1) is 39.9. The largest absolute Gasteiger partial charge is 0.456 e. The van der Waals surface area contributed by atoms with Gasteiger partial charge in [-0.2, -0.15) is 0 Å². The van der Waals surface area contributed by atoms with Crippen LogP contribution in [-0.2, 0) is 5.41 Å². The molecule has 10 aromatic carbocycles. The van der Waals surface area contributed by atoms with Crippen molar-refractivity contribution >= 4 is 60.9 Å². The summed E-state index contributed by atoms with van der Waals surface area (Å²) in [6, 6.07) is 77.0. The molecular weight excluding hydrogens is 827 g/mol. The minimum atomic E-state index is -0.149. The molecule has 0 atom stereocenters. The van der Waals surface area contributed by atoms with Crippen LogP contribution in [-0.4, -0.2) is 0 Å². The van der Waals surface area contributed by atoms with Gasteiger partial charge in [0.1, 0.15) is 22.3 Å². The summed E-state index contributed by atoms with van der Waals surface area (Å²) in [6.07, 6.45) is 0. The Morgan fingerprint density at radius 1 is 0.368 bits per heavy atom. The fourth-order valence-corrected chi connectivity index (χ4v) is 11.1. The van der Waals surface area contributed by atoms with Gasteiger partial charge in [-0.1, -0.05) is 166 Å². The second kappa shape index (κ2) is 15.3. The third kappa shape index (κ3) is 6.19. The van der Waals surface area contributed by atoms with Gasteiger partial charge < -0.3 is 13.7 Å². The molecular formula is C65H47NO2. The minimum absolute atomic E-state index is 0.149. The lowest BCUT2D eigenvalue weighted by atomic mass is 9.82. The zero-order valence-electron chi connectivity index (χ0n) is 38.5. The maximum atomic E-state index is 6.76. The van der Waals surface area contributed by atoms with Crippen molar-refractivity contribution in [1.82, 2.24) is 0 Å². The van der Waals surface area contributed by atoms with Gasteiger partial charge in [-0.25, -0.2) is 0 Å². The van der Waals surface area contributed by atoms with Crippen molar-refractivity contribution in [3.63, 3.8) is 0 Å². The number of hydrogen-bond acceptors (Lipinski definition) is 3. The molecule has 3 nitrogen and oxygen atoms in total. The van der Waals surface area contributed by atoms with Gasteiger partial charge in [0.2, 0.25) is 0 Å². The Labute approximate surface area is 396 Å². The van der Waals surface area contributed by atoms with Crippen LogP contribution in [0.4, 0.5) is 17.1 Å². The molecule has 1 aliphatic carbocycles. The van der Waals surface area contributed by atoms with Gasteiger partial charge in [0.25, 0.3) is 0 Å². The first-order valence-electron chi connectivity index (χ1n) is 23.6. The van der Waals surface area contributed by atoms with Crippen LogP contribution < -0.4 is 4.90 Å². The lowest BCUT2D eigenvalue weighted by Crippen LogP contribution is -2.16. The second-order valence-corrected chi connectivity index (χ2v) is 18.9. The van der Waals surface area contributed by atoms with Crippen LogP contribution in [0.25, 0.3) is 99.5 Å². The standard InChI is InChI=1S/C65H47NO2/c1-40-27-29-44(37-52(40)53-39-46(30-28-41(53)2)48-19-12-20-50-49-17-9-11-25-59(49)68-64(48)50)45-33-36-60-54(38-45)63-58(24-14-26-61(63)67-60)66(47-34-31-43(32-35-47)42-15-6-5-7-16-42)57-23-13-22-56-62(57)51-18-8-10-21-55(51)65(56,3)4/h5-39H,1-4H3. The molecule has 2 heterocycles. The first-order chi connectivity index (χ1) is 33.3. The molecule has 0 aliphatic heterocycles. The topological polar surface area (TPSA) is 29.5 Å². The van der Waals surface area contributed by atoms with E-state index in [9.17, 15) is 0 Å². The maximum absolute atomic E-state index is 6.76. The van der Waals surface area contributed by atoms with E-state index in [1.807, 2.05) is 12.1 Å². The Morgan fingerprint density at radius 2 is 0.941 bits per heavy atom. The molecule has 0 unspecified atom stereocenters. The zero-order chi connectivity index (χ0) is 45.7. The van der Waals surface area contributed by atoms with Crippen molar-refractivity contribution in [3.05, 3.63) is 235 Å². The highest BCUT2D eigenvalue weighted by Crippen LogP contribution is 2.55. The van der Waals surface area contributed by atoms with E-state index >= 15 is 0 Å². The molecule has 0 bridgehead atoms. The summed E-state index contributed by atoms with van der Waals surface area (Å²) in [7, 11) is 0. The second-order valence-electron chi connectivity index (χ2n) is 18.9. The molecule has 324 valence electrons. The van der Waals surface area contributed by atoms with E-state index in [2.05, 4.69) is 233 Å². The number of para-hydroxylation sites is 2. The summed E-state index contributed by atoms with van der Waals surface area (Å²) < 4.78 is 13.3. The summed E-state index contributed by atoms with van der Waals surface area (Å²) in [5.41, 5.74) is 23.7. The Bertz CT molecular complexity index is 3960. The SMILES string of the molecule is Cc1ccc(-c2ccc3oc4cccc(N(c5ccc(-c6ccccc6)cc5)c5cccc6c5-c5ccccc5C6(C)C)c4c3c2)cc1-c1cc(-c2cccc3c2oc2ccccc23)ccc1C. The number of fused-ring (bicyclic) bond motifs is 9. The lowest BCUT2D eigenvalue weighted by molar-refractivity contribution is 0.660. The van der Waals surface area contributed by atoms with Crippen LogP contribution in [0.1, 0.15) is 36.1 Å². The molecule has 0 saturated heterocycles. The van der Waals surface area contributed by atoms with Crippen LogP contribution in [0.2, 0.25) is 0 Å². The summed E-state index contributed by atoms with van der Waals surface area (Å²) in [4.78, 5) is 2.46. The molecule has 3 heteroatoms. The van der Waals surface area contributed by atoms with Gasteiger partial charge in [-0.05, 0) is 141 Å². The van der Waals surface area contributed by atoms with Gasteiger partial charge in [-0.3, -0.25) is 0 Å². The third-order valence-corrected chi connectivity index (χ3v) is 14.6. The normalized spacial score (nSPS) is 12.8.